The van der Waals surface area contributed by atoms with Gasteiger partial charge in [0.2, 0.25) is 5.95 Å². The summed E-state index contributed by atoms with van der Waals surface area (Å²) >= 11 is 0. The van der Waals surface area contributed by atoms with Crippen LogP contribution in [0.3, 0.4) is 0 Å². The molecule has 0 saturated carbocycles. The predicted octanol–water partition coefficient (Wildman–Crippen LogP) is 0.614. The molecule has 6 nitrogen and oxygen atoms in total. The number of carbonyl (C=O) groups is 1. The van der Waals surface area contributed by atoms with E-state index in [4.69, 9.17) is 5.73 Å². The molecule has 1 amide bonds. The van der Waals surface area contributed by atoms with Crippen LogP contribution in [-0.4, -0.2) is 28.1 Å². The highest BCUT2D eigenvalue weighted by molar-refractivity contribution is 6.13. The van der Waals surface area contributed by atoms with E-state index >= 15 is 0 Å². The highest BCUT2D eigenvalue weighted by Gasteiger charge is 2.26. The molecule has 0 unspecified atom stereocenters. The summed E-state index contributed by atoms with van der Waals surface area (Å²) in [5.74, 6) is 0.337. The van der Waals surface area contributed by atoms with Gasteiger partial charge in [0.05, 0.1) is 23.2 Å². The minimum Gasteiger partial charge on any atom is -0.325 e. The lowest BCUT2D eigenvalue weighted by molar-refractivity contribution is -0.117. The fourth-order valence-electron chi connectivity index (χ4n) is 1.80. The maximum Gasteiger partial charge on any atom is 0.255 e. The van der Waals surface area contributed by atoms with E-state index in [9.17, 15) is 4.79 Å². The molecule has 3 N–H and O–H groups in total. The van der Waals surface area contributed by atoms with E-state index in [2.05, 4.69) is 15.1 Å². The maximum absolute atomic E-state index is 11.7. The first kappa shape index (κ1) is 9.98. The molecule has 3 rings (SSSR count). The number of nitrogens with zero attached hydrogens (tertiary/aromatic N) is 3. The molecule has 2 heterocycles. The van der Waals surface area contributed by atoms with E-state index in [1.165, 1.54) is 5.01 Å². The van der Waals surface area contributed by atoms with Gasteiger partial charge in [-0.3, -0.25) is 4.79 Å². The van der Waals surface area contributed by atoms with Gasteiger partial charge in [-0.1, -0.05) is 12.1 Å². The van der Waals surface area contributed by atoms with Gasteiger partial charge in [0, 0.05) is 6.54 Å². The van der Waals surface area contributed by atoms with E-state index in [0.29, 0.717) is 18.2 Å². The van der Waals surface area contributed by atoms with Crippen molar-refractivity contribution in [2.24, 2.45) is 10.8 Å². The second-order valence-electron chi connectivity index (χ2n) is 3.83. The molecule has 0 saturated heterocycles. The number of para-hydroxylation sites is 2. The van der Waals surface area contributed by atoms with Crippen LogP contribution in [0.1, 0.15) is 6.42 Å². The molecular formula is C11H11N5O. The Labute approximate surface area is 97.1 Å². The Morgan fingerprint density at radius 2 is 2.24 bits per heavy atom. The lowest BCUT2D eigenvalue weighted by atomic mass is 10.3. The predicted molar refractivity (Wildman–Crippen MR) is 64.7 cm³/mol. The van der Waals surface area contributed by atoms with Gasteiger partial charge < -0.3 is 10.7 Å². The second-order valence-corrected chi connectivity index (χ2v) is 3.83. The van der Waals surface area contributed by atoms with E-state index in [-0.39, 0.29) is 12.3 Å². The summed E-state index contributed by atoms with van der Waals surface area (Å²) < 4.78 is 0. The van der Waals surface area contributed by atoms with E-state index in [0.717, 1.165) is 11.0 Å². The molecule has 0 radical (unpaired) electrons. The molecule has 86 valence electrons. The maximum atomic E-state index is 11.7. The number of imidazole rings is 1. The van der Waals surface area contributed by atoms with Crippen LogP contribution in [-0.2, 0) is 4.79 Å². The van der Waals surface area contributed by atoms with Crippen molar-refractivity contribution in [2.45, 2.75) is 6.42 Å². The number of hydrazone groups is 1. The van der Waals surface area contributed by atoms with Crippen LogP contribution in [0, 0.1) is 0 Å². The standard InChI is InChI=1S/C11H11N5O/c12-6-7-5-10(17)16(15-7)11-13-8-3-1-2-4-9(8)14-11/h1-4H,5-6,12H2,(H,13,14). The molecule has 0 aliphatic carbocycles. The summed E-state index contributed by atoms with van der Waals surface area (Å²) in [7, 11) is 0. The number of fused-ring (bicyclic) bond motifs is 1. The van der Waals surface area contributed by atoms with Gasteiger partial charge in [-0.2, -0.15) is 10.1 Å². The summed E-state index contributed by atoms with van der Waals surface area (Å²) in [6.07, 6.45) is 0.271. The first-order valence-corrected chi connectivity index (χ1v) is 5.32. The molecule has 1 aliphatic rings. The Morgan fingerprint density at radius 3 is 2.94 bits per heavy atom. The lowest BCUT2D eigenvalue weighted by Crippen LogP contribution is -2.20. The Bertz CT molecular complexity index is 582. The average Bonchev–Trinajstić information content (AvgIpc) is 2.91. The molecule has 0 spiro atoms. The Kier molecular flexibility index (Phi) is 2.15. The summed E-state index contributed by atoms with van der Waals surface area (Å²) in [6.45, 7) is 0.294. The second kappa shape index (κ2) is 3.67. The first-order chi connectivity index (χ1) is 8.28. The number of aromatic amines is 1. The van der Waals surface area contributed by atoms with Gasteiger partial charge >= 0.3 is 0 Å². The SMILES string of the molecule is NCC1=NN(c2nc3ccccc3[nH]2)C(=O)C1. The molecule has 1 aromatic carbocycles. The number of nitrogens with two attached hydrogens (primary N) is 1. The number of hydrogen-bond acceptors (Lipinski definition) is 4. The molecule has 0 atom stereocenters. The van der Waals surface area contributed by atoms with Crippen LogP contribution in [0.5, 0.6) is 0 Å². The molecule has 0 fully saturated rings. The fourth-order valence-corrected chi connectivity index (χ4v) is 1.80. The normalized spacial score (nSPS) is 15.7. The van der Waals surface area contributed by atoms with E-state index < -0.39 is 0 Å². The third-order valence-corrected chi connectivity index (χ3v) is 2.65. The van der Waals surface area contributed by atoms with Crippen molar-refractivity contribution in [3.8, 4) is 0 Å². The fraction of sp³-hybridized carbons (Fsp3) is 0.182. The van der Waals surface area contributed by atoms with Crippen molar-refractivity contribution >= 4 is 28.6 Å². The van der Waals surface area contributed by atoms with E-state index in [1.807, 2.05) is 24.3 Å². The Balaban J connectivity index is 2.04. The third-order valence-electron chi connectivity index (χ3n) is 2.65. The van der Waals surface area contributed by atoms with Crippen molar-refractivity contribution in [1.29, 1.82) is 0 Å². The zero-order chi connectivity index (χ0) is 11.8. The number of anilines is 1. The number of benzene rings is 1. The summed E-state index contributed by atoms with van der Waals surface area (Å²) in [4.78, 5) is 19.1. The zero-order valence-corrected chi connectivity index (χ0v) is 9.05. The van der Waals surface area contributed by atoms with Crippen LogP contribution in [0.15, 0.2) is 29.4 Å². The van der Waals surface area contributed by atoms with Crippen LogP contribution < -0.4 is 10.7 Å². The zero-order valence-electron chi connectivity index (χ0n) is 9.05. The highest BCUT2D eigenvalue weighted by Crippen LogP contribution is 2.20. The summed E-state index contributed by atoms with van der Waals surface area (Å²) in [5, 5.41) is 5.41. The molecule has 1 aromatic heterocycles. The molecule has 0 bridgehead atoms. The Morgan fingerprint density at radius 1 is 1.41 bits per heavy atom. The molecule has 17 heavy (non-hydrogen) atoms. The quantitative estimate of drug-likeness (QED) is 0.791. The highest BCUT2D eigenvalue weighted by atomic mass is 16.2. The van der Waals surface area contributed by atoms with Gasteiger partial charge in [0.15, 0.2) is 0 Å². The number of nitrogens with one attached hydrogen (secondary N) is 1. The van der Waals surface area contributed by atoms with Crippen molar-refractivity contribution < 1.29 is 4.79 Å². The number of H-pyrrole nitrogens is 1. The van der Waals surface area contributed by atoms with Gasteiger partial charge in [-0.05, 0) is 12.1 Å². The van der Waals surface area contributed by atoms with Crippen molar-refractivity contribution in [1.82, 2.24) is 9.97 Å². The van der Waals surface area contributed by atoms with Gasteiger partial charge in [0.1, 0.15) is 0 Å². The van der Waals surface area contributed by atoms with Gasteiger partial charge in [-0.25, -0.2) is 4.98 Å². The minimum absolute atomic E-state index is 0.107. The number of rotatable bonds is 2. The van der Waals surface area contributed by atoms with Gasteiger partial charge in [-0.15, -0.1) is 0 Å². The third kappa shape index (κ3) is 1.58. The number of amides is 1. The molecular weight excluding hydrogens is 218 g/mol. The first-order valence-electron chi connectivity index (χ1n) is 5.32. The lowest BCUT2D eigenvalue weighted by Gasteiger charge is -2.05. The van der Waals surface area contributed by atoms with Crippen LogP contribution in [0.2, 0.25) is 0 Å². The Hall–Kier alpha value is -2.21. The topological polar surface area (TPSA) is 87.4 Å². The average molecular weight is 229 g/mol. The monoisotopic (exact) mass is 229 g/mol. The number of carbonyl (C=O) groups excluding carboxylic acids is 1. The molecule has 2 aromatic rings. The number of hydrogen-bond donors (Lipinski definition) is 2. The van der Waals surface area contributed by atoms with Gasteiger partial charge in [0.25, 0.3) is 5.91 Å². The van der Waals surface area contributed by atoms with Crippen LogP contribution >= 0.6 is 0 Å². The van der Waals surface area contributed by atoms with Crippen LogP contribution in [0.4, 0.5) is 5.95 Å². The summed E-state index contributed by atoms with van der Waals surface area (Å²) in [5.41, 5.74) is 7.84. The van der Waals surface area contributed by atoms with Crippen molar-refractivity contribution in [2.75, 3.05) is 11.6 Å². The molecule has 1 aliphatic heterocycles. The van der Waals surface area contributed by atoms with E-state index in [1.54, 1.807) is 0 Å². The minimum atomic E-state index is -0.107. The van der Waals surface area contributed by atoms with Crippen molar-refractivity contribution in [3.05, 3.63) is 24.3 Å². The molecule has 6 heteroatoms. The van der Waals surface area contributed by atoms with Crippen molar-refractivity contribution in [3.63, 3.8) is 0 Å². The smallest absolute Gasteiger partial charge is 0.255 e. The number of aromatic nitrogens is 2. The largest absolute Gasteiger partial charge is 0.325 e. The summed E-state index contributed by atoms with van der Waals surface area (Å²) in [6, 6.07) is 7.58. The van der Waals surface area contributed by atoms with Crippen LogP contribution in [0.25, 0.3) is 11.0 Å².